The first kappa shape index (κ1) is 18.5. The topological polar surface area (TPSA) is 96.4 Å². The van der Waals surface area contributed by atoms with Crippen molar-refractivity contribution in [3.8, 4) is 0 Å². The third kappa shape index (κ3) is 4.04. The minimum atomic E-state index is -0.152. The molecule has 0 aromatic carbocycles. The van der Waals surface area contributed by atoms with Crippen LogP contribution in [-0.2, 0) is 17.8 Å². The number of anilines is 2. The molecule has 0 aliphatic carbocycles. The third-order valence-corrected chi connectivity index (χ3v) is 5.02. The maximum Gasteiger partial charge on any atom is 0.254 e. The first-order valence-corrected chi connectivity index (χ1v) is 9.58. The van der Waals surface area contributed by atoms with Crippen molar-refractivity contribution in [2.24, 2.45) is 0 Å². The molecular weight excluding hydrogens is 358 g/mol. The number of ether oxygens (including phenoxy) is 1. The Bertz CT molecular complexity index is 841. The van der Waals surface area contributed by atoms with E-state index in [4.69, 9.17) is 9.72 Å². The van der Waals surface area contributed by atoms with E-state index in [1.165, 1.54) is 0 Å². The lowest BCUT2D eigenvalue weighted by Crippen LogP contribution is -2.48. The average molecular weight is 383 g/mol. The summed E-state index contributed by atoms with van der Waals surface area (Å²) < 4.78 is 5.45. The molecule has 28 heavy (non-hydrogen) atoms. The van der Waals surface area contributed by atoms with E-state index < -0.39 is 0 Å². The molecule has 0 unspecified atom stereocenters. The highest BCUT2D eigenvalue weighted by Gasteiger charge is 2.25. The normalized spacial score (nSPS) is 19.1. The number of rotatable bonds is 4. The summed E-state index contributed by atoms with van der Waals surface area (Å²) in [7, 11) is 3.73. The van der Waals surface area contributed by atoms with Crippen LogP contribution in [0.1, 0.15) is 34.5 Å². The second kappa shape index (κ2) is 8.05. The van der Waals surface area contributed by atoms with Gasteiger partial charge in [-0.2, -0.15) is 0 Å². The SMILES string of the molecule is CN(C)c1ncc(C(=O)N[C@@H]2CCCN(c3ncc4c(n3)CCOC4)C2)cn1. The van der Waals surface area contributed by atoms with Gasteiger partial charge >= 0.3 is 0 Å². The fourth-order valence-corrected chi connectivity index (χ4v) is 3.49. The highest BCUT2D eigenvalue weighted by molar-refractivity contribution is 5.93. The van der Waals surface area contributed by atoms with E-state index in [0.717, 1.165) is 43.0 Å². The zero-order valence-electron chi connectivity index (χ0n) is 16.3. The number of carbonyl (C=O) groups is 1. The van der Waals surface area contributed by atoms with Crippen LogP contribution < -0.4 is 15.1 Å². The van der Waals surface area contributed by atoms with Gasteiger partial charge in [0.15, 0.2) is 0 Å². The van der Waals surface area contributed by atoms with Crippen molar-refractivity contribution >= 4 is 17.8 Å². The standard InChI is InChI=1S/C19H25N7O2/c1-25(2)18-20-8-13(9-21-18)17(27)23-15-4-3-6-26(11-15)19-22-10-14-12-28-7-5-16(14)24-19/h8-10,15H,3-7,11-12H2,1-2H3,(H,23,27)/t15-/m1/s1. The molecule has 1 atom stereocenters. The number of piperidine rings is 1. The lowest BCUT2D eigenvalue weighted by Gasteiger charge is -2.33. The molecule has 1 saturated heterocycles. The van der Waals surface area contributed by atoms with E-state index in [0.29, 0.717) is 31.3 Å². The van der Waals surface area contributed by atoms with E-state index in [1.807, 2.05) is 20.3 Å². The summed E-state index contributed by atoms with van der Waals surface area (Å²) in [6.45, 7) is 2.87. The molecule has 4 rings (SSSR count). The number of amides is 1. The Morgan fingerprint density at radius 2 is 2.07 bits per heavy atom. The molecule has 1 fully saturated rings. The van der Waals surface area contributed by atoms with Crippen molar-refractivity contribution in [1.82, 2.24) is 25.3 Å². The van der Waals surface area contributed by atoms with Gasteiger partial charge in [-0.1, -0.05) is 0 Å². The van der Waals surface area contributed by atoms with E-state index >= 15 is 0 Å². The lowest BCUT2D eigenvalue weighted by atomic mass is 10.1. The van der Waals surface area contributed by atoms with Crippen LogP contribution in [0.3, 0.4) is 0 Å². The van der Waals surface area contributed by atoms with Crippen molar-refractivity contribution in [2.75, 3.05) is 43.6 Å². The smallest absolute Gasteiger partial charge is 0.254 e. The summed E-state index contributed by atoms with van der Waals surface area (Å²) in [5.74, 6) is 1.16. The predicted octanol–water partition coefficient (Wildman–Crippen LogP) is 0.804. The number of aromatic nitrogens is 4. The van der Waals surface area contributed by atoms with Crippen molar-refractivity contribution in [2.45, 2.75) is 31.9 Å². The van der Waals surface area contributed by atoms with Gasteiger partial charge in [0.05, 0.1) is 24.5 Å². The Kier molecular flexibility index (Phi) is 5.34. The first-order chi connectivity index (χ1) is 13.6. The van der Waals surface area contributed by atoms with Crippen molar-refractivity contribution < 1.29 is 9.53 Å². The molecule has 2 aliphatic rings. The second-order valence-electron chi connectivity index (χ2n) is 7.37. The average Bonchev–Trinajstić information content (AvgIpc) is 2.73. The molecule has 0 radical (unpaired) electrons. The third-order valence-electron chi connectivity index (χ3n) is 5.02. The van der Waals surface area contributed by atoms with Gasteiger partial charge in [-0.25, -0.2) is 19.9 Å². The summed E-state index contributed by atoms with van der Waals surface area (Å²) in [4.78, 5) is 34.2. The number of carbonyl (C=O) groups excluding carboxylic acids is 1. The van der Waals surface area contributed by atoms with Gasteiger partial charge in [-0.3, -0.25) is 4.79 Å². The minimum absolute atomic E-state index is 0.0396. The summed E-state index contributed by atoms with van der Waals surface area (Å²) in [6, 6.07) is 0.0396. The van der Waals surface area contributed by atoms with Crippen LogP contribution in [0.2, 0.25) is 0 Å². The minimum Gasteiger partial charge on any atom is -0.376 e. The van der Waals surface area contributed by atoms with E-state index in [-0.39, 0.29) is 11.9 Å². The molecule has 1 amide bonds. The summed E-state index contributed by atoms with van der Waals surface area (Å²) in [6.07, 6.45) is 7.71. The number of hydrogen-bond donors (Lipinski definition) is 1. The van der Waals surface area contributed by atoms with Crippen molar-refractivity contribution in [1.29, 1.82) is 0 Å². The lowest BCUT2D eigenvalue weighted by molar-refractivity contribution is 0.0932. The Labute approximate surface area is 164 Å². The van der Waals surface area contributed by atoms with Crippen LogP contribution in [0.5, 0.6) is 0 Å². The highest BCUT2D eigenvalue weighted by atomic mass is 16.5. The first-order valence-electron chi connectivity index (χ1n) is 9.58. The van der Waals surface area contributed by atoms with Gasteiger partial charge < -0.3 is 19.9 Å². The predicted molar refractivity (Wildman–Crippen MR) is 104 cm³/mol. The summed E-state index contributed by atoms with van der Waals surface area (Å²) in [5, 5.41) is 3.10. The largest absolute Gasteiger partial charge is 0.376 e. The molecule has 2 aromatic heterocycles. The van der Waals surface area contributed by atoms with E-state index in [1.54, 1.807) is 17.3 Å². The monoisotopic (exact) mass is 383 g/mol. The zero-order valence-corrected chi connectivity index (χ0v) is 16.3. The second-order valence-corrected chi connectivity index (χ2v) is 7.37. The van der Waals surface area contributed by atoms with Crippen LogP contribution in [0, 0.1) is 0 Å². The van der Waals surface area contributed by atoms with Crippen LogP contribution >= 0.6 is 0 Å². The van der Waals surface area contributed by atoms with Crippen LogP contribution in [0.25, 0.3) is 0 Å². The van der Waals surface area contributed by atoms with Gasteiger partial charge in [0, 0.05) is 63.8 Å². The van der Waals surface area contributed by atoms with Gasteiger partial charge in [0.1, 0.15) is 0 Å². The molecule has 0 bridgehead atoms. The van der Waals surface area contributed by atoms with Gasteiger partial charge in [0.25, 0.3) is 5.91 Å². The van der Waals surface area contributed by atoms with Crippen LogP contribution in [0.15, 0.2) is 18.6 Å². The summed E-state index contributed by atoms with van der Waals surface area (Å²) in [5.41, 5.74) is 2.60. The number of nitrogens with zero attached hydrogens (tertiary/aromatic N) is 6. The van der Waals surface area contributed by atoms with Crippen LogP contribution in [-0.4, -0.2) is 65.7 Å². The van der Waals surface area contributed by atoms with Gasteiger partial charge in [0.2, 0.25) is 11.9 Å². The van der Waals surface area contributed by atoms with Gasteiger partial charge in [-0.05, 0) is 12.8 Å². The van der Waals surface area contributed by atoms with E-state index in [2.05, 4.69) is 25.2 Å². The van der Waals surface area contributed by atoms with E-state index in [9.17, 15) is 4.79 Å². The van der Waals surface area contributed by atoms with Gasteiger partial charge in [-0.15, -0.1) is 0 Å². The molecule has 2 aromatic rings. The van der Waals surface area contributed by atoms with Crippen molar-refractivity contribution in [3.05, 3.63) is 35.4 Å². The van der Waals surface area contributed by atoms with Crippen LogP contribution in [0.4, 0.5) is 11.9 Å². The molecule has 4 heterocycles. The molecule has 9 heteroatoms. The molecule has 148 valence electrons. The molecule has 0 saturated carbocycles. The quantitative estimate of drug-likeness (QED) is 0.828. The highest BCUT2D eigenvalue weighted by Crippen LogP contribution is 2.20. The Hall–Kier alpha value is -2.81. The zero-order chi connectivity index (χ0) is 19.5. The molecule has 0 spiro atoms. The Balaban J connectivity index is 1.40. The Morgan fingerprint density at radius 1 is 1.25 bits per heavy atom. The maximum absolute atomic E-state index is 12.6. The summed E-state index contributed by atoms with van der Waals surface area (Å²) >= 11 is 0. The molecule has 9 nitrogen and oxygen atoms in total. The number of fused-ring (bicyclic) bond motifs is 1. The number of nitrogens with one attached hydrogen (secondary N) is 1. The van der Waals surface area contributed by atoms with Crippen molar-refractivity contribution in [3.63, 3.8) is 0 Å². The number of hydrogen-bond acceptors (Lipinski definition) is 8. The fraction of sp³-hybridized carbons (Fsp3) is 0.526. The maximum atomic E-state index is 12.6. The fourth-order valence-electron chi connectivity index (χ4n) is 3.49. The molecular formula is C19H25N7O2. The molecule has 2 aliphatic heterocycles. The molecule has 1 N–H and O–H groups in total. The Morgan fingerprint density at radius 3 is 2.86 bits per heavy atom.